The van der Waals surface area contributed by atoms with Gasteiger partial charge in [-0.05, 0) is 24.0 Å². The summed E-state index contributed by atoms with van der Waals surface area (Å²) in [6, 6.07) is 10.4. The summed E-state index contributed by atoms with van der Waals surface area (Å²) in [5.41, 5.74) is 7.37. The van der Waals surface area contributed by atoms with Crippen LogP contribution in [0.4, 0.5) is 11.6 Å². The minimum Gasteiger partial charge on any atom is -0.347 e. The van der Waals surface area contributed by atoms with E-state index in [1.807, 2.05) is 24.0 Å². The van der Waals surface area contributed by atoms with Crippen molar-refractivity contribution in [3.05, 3.63) is 71.4 Å². The molecule has 3 heterocycles. The van der Waals surface area contributed by atoms with E-state index in [-0.39, 0.29) is 12.5 Å². The first-order chi connectivity index (χ1) is 16.0. The molecule has 1 aliphatic carbocycles. The van der Waals surface area contributed by atoms with Gasteiger partial charge in [0.05, 0.1) is 29.0 Å². The predicted molar refractivity (Wildman–Crippen MR) is 125 cm³/mol. The normalized spacial score (nSPS) is 12.2. The first kappa shape index (κ1) is 20.9. The molecule has 9 nitrogen and oxygen atoms in total. The monoisotopic (exact) mass is 442 g/mol. The Morgan fingerprint density at radius 2 is 1.97 bits per heavy atom. The van der Waals surface area contributed by atoms with E-state index in [2.05, 4.69) is 39.7 Å². The van der Waals surface area contributed by atoms with Crippen molar-refractivity contribution < 1.29 is 4.79 Å². The van der Waals surface area contributed by atoms with Gasteiger partial charge >= 0.3 is 0 Å². The lowest BCUT2D eigenvalue weighted by Crippen LogP contribution is -2.26. The smallest absolute Gasteiger partial charge is 0.243 e. The molecule has 0 aliphatic heterocycles. The number of hydrogen-bond donors (Lipinski definition) is 1. The predicted octanol–water partition coefficient (Wildman–Crippen LogP) is 2.59. The summed E-state index contributed by atoms with van der Waals surface area (Å²) in [6.45, 7) is 0.182. The van der Waals surface area contributed by atoms with Gasteiger partial charge in [-0.1, -0.05) is 30.3 Å². The van der Waals surface area contributed by atoms with Crippen molar-refractivity contribution in [2.24, 2.45) is 7.05 Å². The lowest BCUT2D eigenvalue weighted by Gasteiger charge is -2.16. The maximum Gasteiger partial charge on any atom is 0.243 e. The highest BCUT2D eigenvalue weighted by molar-refractivity contribution is 5.75. The number of carbonyl (C=O) groups is 1. The van der Waals surface area contributed by atoms with E-state index in [1.165, 1.54) is 5.56 Å². The van der Waals surface area contributed by atoms with Gasteiger partial charge < -0.3 is 10.2 Å². The van der Waals surface area contributed by atoms with Crippen LogP contribution in [0.1, 0.15) is 22.5 Å². The second-order valence-corrected chi connectivity index (χ2v) is 8.46. The third kappa shape index (κ3) is 4.21. The summed E-state index contributed by atoms with van der Waals surface area (Å²) < 4.78 is 3.58. The van der Waals surface area contributed by atoms with Crippen molar-refractivity contribution in [2.75, 3.05) is 19.4 Å². The molecule has 9 heteroatoms. The Kier molecular flexibility index (Phi) is 5.37. The zero-order valence-electron chi connectivity index (χ0n) is 19.0. The summed E-state index contributed by atoms with van der Waals surface area (Å²) in [4.78, 5) is 22.9. The van der Waals surface area contributed by atoms with Gasteiger partial charge in [0, 0.05) is 45.5 Å². The second kappa shape index (κ2) is 8.50. The molecule has 5 rings (SSSR count). The number of nitrogens with zero attached hydrogens (tertiary/aromatic N) is 7. The molecule has 1 aliphatic rings. The quantitative estimate of drug-likeness (QED) is 0.493. The van der Waals surface area contributed by atoms with Gasteiger partial charge in [-0.25, -0.2) is 9.97 Å². The first-order valence-electron chi connectivity index (χ1n) is 10.9. The van der Waals surface area contributed by atoms with Gasteiger partial charge in [0.25, 0.3) is 0 Å². The number of nitrogens with one attached hydrogen (secondary N) is 1. The molecule has 0 spiro atoms. The van der Waals surface area contributed by atoms with E-state index in [9.17, 15) is 4.79 Å². The molecule has 168 valence electrons. The van der Waals surface area contributed by atoms with Crippen molar-refractivity contribution in [3.8, 4) is 11.3 Å². The van der Waals surface area contributed by atoms with Crippen LogP contribution >= 0.6 is 0 Å². The van der Waals surface area contributed by atoms with Crippen LogP contribution in [0.3, 0.4) is 0 Å². The summed E-state index contributed by atoms with van der Waals surface area (Å²) in [5, 5.41) is 12.3. The Hall–Kier alpha value is -4.01. The van der Waals surface area contributed by atoms with Crippen LogP contribution in [0.25, 0.3) is 11.3 Å². The Morgan fingerprint density at radius 1 is 1.15 bits per heavy atom. The summed E-state index contributed by atoms with van der Waals surface area (Å²) >= 11 is 0. The Bertz CT molecular complexity index is 1310. The van der Waals surface area contributed by atoms with E-state index in [4.69, 9.17) is 10.1 Å². The molecule has 33 heavy (non-hydrogen) atoms. The van der Waals surface area contributed by atoms with Gasteiger partial charge in [-0.3, -0.25) is 14.2 Å². The number of anilines is 2. The molecule has 0 saturated heterocycles. The van der Waals surface area contributed by atoms with E-state index in [0.717, 1.165) is 53.2 Å². The molecule has 0 fully saturated rings. The Balaban J connectivity index is 1.43. The van der Waals surface area contributed by atoms with Crippen LogP contribution in [0, 0.1) is 0 Å². The van der Waals surface area contributed by atoms with Crippen LogP contribution < -0.4 is 5.32 Å². The van der Waals surface area contributed by atoms with Crippen LogP contribution in [-0.2, 0) is 37.6 Å². The number of fused-ring (bicyclic) bond motifs is 3. The Labute approximate surface area is 192 Å². The molecule has 0 radical (unpaired) electrons. The number of carbonyl (C=O) groups excluding carboxylic acids is 1. The number of rotatable bonds is 6. The minimum absolute atomic E-state index is 0.0234. The average Bonchev–Trinajstić information content (AvgIpc) is 3.38. The van der Waals surface area contributed by atoms with E-state index in [1.54, 1.807) is 36.1 Å². The topological polar surface area (TPSA) is 93.8 Å². The molecule has 0 bridgehead atoms. The number of aromatic nitrogens is 6. The molecule has 0 atom stereocenters. The van der Waals surface area contributed by atoms with Crippen LogP contribution in [-0.4, -0.2) is 54.4 Å². The number of likely N-dealkylation sites (N-methyl/N-ethyl adjacent to an activating group) is 1. The SMILES string of the molecule is CN(C)C(=O)Cn1cc(Nc2ncc3c(n2)-c2c(nn(C)c2Cc2ccccc2)CC3)cn1. The lowest BCUT2D eigenvalue weighted by molar-refractivity contribution is -0.129. The molecule has 0 saturated carbocycles. The number of amides is 1. The second-order valence-electron chi connectivity index (χ2n) is 8.46. The van der Waals surface area contributed by atoms with Gasteiger partial charge in [-0.2, -0.15) is 10.2 Å². The summed E-state index contributed by atoms with van der Waals surface area (Å²) in [5.74, 6) is 0.472. The van der Waals surface area contributed by atoms with Crippen LogP contribution in [0.5, 0.6) is 0 Å². The zero-order valence-corrected chi connectivity index (χ0v) is 19.0. The van der Waals surface area contributed by atoms with Crippen molar-refractivity contribution >= 4 is 17.5 Å². The molecule has 4 aromatic rings. The molecule has 3 aromatic heterocycles. The summed E-state index contributed by atoms with van der Waals surface area (Å²) in [6.07, 6.45) is 7.89. The van der Waals surface area contributed by atoms with Crippen molar-refractivity contribution in [2.45, 2.75) is 25.8 Å². The fraction of sp³-hybridized carbons (Fsp3) is 0.292. The number of hydrogen-bond acceptors (Lipinski definition) is 6. The standard InChI is InChI=1S/C24H26N8O/c1-30(2)21(33)15-32-14-18(13-26-32)27-24-25-12-17-9-10-19-22(23(17)28-24)20(31(3)29-19)11-16-7-5-4-6-8-16/h4-8,12-14H,9-11,15H2,1-3H3,(H,25,27,28). The minimum atomic E-state index is -0.0234. The van der Waals surface area contributed by atoms with Gasteiger partial charge in [0.15, 0.2) is 0 Å². The fourth-order valence-corrected chi connectivity index (χ4v) is 4.10. The maximum absolute atomic E-state index is 11.9. The molecule has 1 aromatic carbocycles. The largest absolute Gasteiger partial charge is 0.347 e. The third-order valence-corrected chi connectivity index (χ3v) is 5.87. The molecule has 0 unspecified atom stereocenters. The third-order valence-electron chi connectivity index (χ3n) is 5.87. The molecular weight excluding hydrogens is 416 g/mol. The zero-order chi connectivity index (χ0) is 22.9. The highest BCUT2D eigenvalue weighted by Crippen LogP contribution is 2.35. The van der Waals surface area contributed by atoms with Crippen molar-refractivity contribution in [3.63, 3.8) is 0 Å². The van der Waals surface area contributed by atoms with E-state index in [0.29, 0.717) is 5.95 Å². The molecule has 1 amide bonds. The Morgan fingerprint density at radius 3 is 2.76 bits per heavy atom. The maximum atomic E-state index is 11.9. The molecule has 1 N–H and O–H groups in total. The first-order valence-corrected chi connectivity index (χ1v) is 10.9. The van der Waals surface area contributed by atoms with Crippen molar-refractivity contribution in [1.82, 2.24) is 34.4 Å². The highest BCUT2D eigenvalue weighted by Gasteiger charge is 2.26. The molecular formula is C24H26N8O. The van der Waals surface area contributed by atoms with E-state index >= 15 is 0 Å². The highest BCUT2D eigenvalue weighted by atomic mass is 16.2. The average molecular weight is 443 g/mol. The van der Waals surface area contributed by atoms with Gasteiger partial charge in [0.2, 0.25) is 11.9 Å². The van der Waals surface area contributed by atoms with Gasteiger partial charge in [-0.15, -0.1) is 0 Å². The van der Waals surface area contributed by atoms with Crippen LogP contribution in [0.2, 0.25) is 0 Å². The number of benzene rings is 1. The van der Waals surface area contributed by atoms with Crippen molar-refractivity contribution in [1.29, 1.82) is 0 Å². The fourth-order valence-electron chi connectivity index (χ4n) is 4.10. The van der Waals surface area contributed by atoms with Crippen LogP contribution in [0.15, 0.2) is 48.9 Å². The van der Waals surface area contributed by atoms with E-state index < -0.39 is 0 Å². The lowest BCUT2D eigenvalue weighted by atomic mass is 9.91. The summed E-state index contributed by atoms with van der Waals surface area (Å²) in [7, 11) is 5.45. The number of aryl methyl sites for hydroxylation is 3. The van der Waals surface area contributed by atoms with Gasteiger partial charge in [0.1, 0.15) is 6.54 Å².